The summed E-state index contributed by atoms with van der Waals surface area (Å²) in [5.41, 5.74) is 0. The van der Waals surface area contributed by atoms with Gasteiger partial charge in [0.2, 0.25) is 0 Å². The standard InChI is InChI=1S/C9H18O/c1-7(2)9-4-5-10-6-8(9)3/h7-9H,4-6H2,1-3H3/t8-,9-/m0/s1. The molecule has 1 heteroatoms. The number of ether oxygens (including phenoxy) is 1. The Morgan fingerprint density at radius 3 is 2.50 bits per heavy atom. The van der Waals surface area contributed by atoms with Crippen molar-refractivity contribution in [1.29, 1.82) is 0 Å². The Hall–Kier alpha value is -0.0400. The van der Waals surface area contributed by atoms with Gasteiger partial charge in [-0.25, -0.2) is 0 Å². The third-order valence-corrected chi connectivity index (χ3v) is 2.56. The first-order chi connectivity index (χ1) is 4.72. The molecule has 0 aromatic carbocycles. The minimum Gasteiger partial charge on any atom is -0.381 e. The molecular weight excluding hydrogens is 124 g/mol. The van der Waals surface area contributed by atoms with E-state index < -0.39 is 0 Å². The van der Waals surface area contributed by atoms with Gasteiger partial charge in [0, 0.05) is 13.2 Å². The minimum atomic E-state index is 0.772. The maximum absolute atomic E-state index is 5.36. The van der Waals surface area contributed by atoms with Crippen LogP contribution in [0.25, 0.3) is 0 Å². The van der Waals surface area contributed by atoms with Crippen LogP contribution < -0.4 is 0 Å². The highest BCUT2D eigenvalue weighted by Gasteiger charge is 2.23. The average Bonchev–Trinajstić information content (AvgIpc) is 1.88. The molecule has 1 heterocycles. The fourth-order valence-electron chi connectivity index (χ4n) is 1.89. The van der Waals surface area contributed by atoms with Crippen molar-refractivity contribution in [2.24, 2.45) is 17.8 Å². The SMILES string of the molecule is CC(C)[C@@H]1CCOC[C@@H]1C. The van der Waals surface area contributed by atoms with Gasteiger partial charge < -0.3 is 4.74 Å². The first-order valence-electron chi connectivity index (χ1n) is 4.29. The van der Waals surface area contributed by atoms with Crippen molar-refractivity contribution in [3.8, 4) is 0 Å². The molecule has 0 spiro atoms. The molecule has 0 unspecified atom stereocenters. The Morgan fingerprint density at radius 2 is 2.10 bits per heavy atom. The molecule has 1 fully saturated rings. The van der Waals surface area contributed by atoms with Crippen molar-refractivity contribution in [1.82, 2.24) is 0 Å². The van der Waals surface area contributed by atoms with Gasteiger partial charge in [-0.05, 0) is 24.2 Å². The Labute approximate surface area is 63.8 Å². The largest absolute Gasteiger partial charge is 0.381 e. The van der Waals surface area contributed by atoms with Crippen molar-refractivity contribution in [2.45, 2.75) is 27.2 Å². The Morgan fingerprint density at radius 1 is 1.40 bits per heavy atom. The van der Waals surface area contributed by atoms with Crippen LogP contribution in [-0.4, -0.2) is 13.2 Å². The predicted octanol–water partition coefficient (Wildman–Crippen LogP) is 2.32. The van der Waals surface area contributed by atoms with Gasteiger partial charge in [0.15, 0.2) is 0 Å². The molecule has 2 atom stereocenters. The first kappa shape index (κ1) is 8.06. The van der Waals surface area contributed by atoms with Crippen molar-refractivity contribution in [3.63, 3.8) is 0 Å². The summed E-state index contributed by atoms with van der Waals surface area (Å²) in [7, 11) is 0. The fourth-order valence-corrected chi connectivity index (χ4v) is 1.89. The minimum absolute atomic E-state index is 0.772. The molecule has 0 aromatic heterocycles. The van der Waals surface area contributed by atoms with Crippen molar-refractivity contribution < 1.29 is 4.74 Å². The number of rotatable bonds is 1. The summed E-state index contributed by atoms with van der Waals surface area (Å²) < 4.78 is 5.36. The smallest absolute Gasteiger partial charge is 0.0494 e. The van der Waals surface area contributed by atoms with Crippen LogP contribution in [0.2, 0.25) is 0 Å². The zero-order valence-electron chi connectivity index (χ0n) is 7.26. The summed E-state index contributed by atoms with van der Waals surface area (Å²) >= 11 is 0. The Bertz CT molecular complexity index is 98.9. The van der Waals surface area contributed by atoms with Crippen LogP contribution in [0.1, 0.15) is 27.2 Å². The second kappa shape index (κ2) is 3.38. The quantitative estimate of drug-likeness (QED) is 0.546. The van der Waals surface area contributed by atoms with E-state index in [1.807, 2.05) is 0 Å². The van der Waals surface area contributed by atoms with Crippen molar-refractivity contribution in [3.05, 3.63) is 0 Å². The monoisotopic (exact) mass is 142 g/mol. The molecule has 0 bridgehead atoms. The summed E-state index contributed by atoms with van der Waals surface area (Å²) in [5.74, 6) is 2.50. The second-order valence-electron chi connectivity index (χ2n) is 3.75. The number of hydrogen-bond donors (Lipinski definition) is 0. The molecule has 1 aliphatic rings. The van der Waals surface area contributed by atoms with Crippen molar-refractivity contribution >= 4 is 0 Å². The summed E-state index contributed by atoms with van der Waals surface area (Å²) in [6.45, 7) is 8.87. The summed E-state index contributed by atoms with van der Waals surface area (Å²) in [6, 6.07) is 0. The van der Waals surface area contributed by atoms with E-state index >= 15 is 0 Å². The van der Waals surface area contributed by atoms with E-state index in [9.17, 15) is 0 Å². The molecule has 0 N–H and O–H groups in total. The zero-order chi connectivity index (χ0) is 7.56. The second-order valence-corrected chi connectivity index (χ2v) is 3.75. The van der Waals surface area contributed by atoms with Crippen LogP contribution >= 0.6 is 0 Å². The van der Waals surface area contributed by atoms with Crippen molar-refractivity contribution in [2.75, 3.05) is 13.2 Å². The highest BCUT2D eigenvalue weighted by molar-refractivity contribution is 4.72. The first-order valence-corrected chi connectivity index (χ1v) is 4.29. The average molecular weight is 142 g/mol. The molecule has 1 saturated heterocycles. The summed E-state index contributed by atoms with van der Waals surface area (Å²) in [4.78, 5) is 0. The molecule has 1 nitrogen and oxygen atoms in total. The lowest BCUT2D eigenvalue weighted by Gasteiger charge is -2.31. The van der Waals surface area contributed by atoms with Gasteiger partial charge >= 0.3 is 0 Å². The van der Waals surface area contributed by atoms with E-state index in [0.717, 1.165) is 31.0 Å². The van der Waals surface area contributed by atoms with E-state index in [1.165, 1.54) is 6.42 Å². The normalized spacial score (nSPS) is 34.8. The van der Waals surface area contributed by atoms with E-state index in [2.05, 4.69) is 20.8 Å². The molecule has 1 aliphatic heterocycles. The van der Waals surface area contributed by atoms with Gasteiger partial charge in [-0.1, -0.05) is 20.8 Å². The summed E-state index contributed by atoms with van der Waals surface area (Å²) in [5, 5.41) is 0. The highest BCUT2D eigenvalue weighted by Crippen LogP contribution is 2.27. The molecule has 60 valence electrons. The van der Waals surface area contributed by atoms with Gasteiger partial charge in [-0.15, -0.1) is 0 Å². The lowest BCUT2D eigenvalue weighted by Crippen LogP contribution is -2.28. The van der Waals surface area contributed by atoms with Gasteiger partial charge in [-0.2, -0.15) is 0 Å². The van der Waals surface area contributed by atoms with Gasteiger partial charge in [0.05, 0.1) is 0 Å². The van der Waals surface area contributed by atoms with E-state index in [1.54, 1.807) is 0 Å². The molecule has 0 saturated carbocycles. The zero-order valence-corrected chi connectivity index (χ0v) is 7.26. The molecule has 10 heavy (non-hydrogen) atoms. The Kier molecular flexibility index (Phi) is 2.72. The fraction of sp³-hybridized carbons (Fsp3) is 1.00. The van der Waals surface area contributed by atoms with Crippen LogP contribution in [-0.2, 0) is 4.74 Å². The van der Waals surface area contributed by atoms with Crippen LogP contribution in [0.5, 0.6) is 0 Å². The van der Waals surface area contributed by atoms with Crippen LogP contribution in [0.15, 0.2) is 0 Å². The van der Waals surface area contributed by atoms with Gasteiger partial charge in [0.25, 0.3) is 0 Å². The maximum Gasteiger partial charge on any atom is 0.0494 e. The van der Waals surface area contributed by atoms with Crippen LogP contribution in [0.3, 0.4) is 0 Å². The Balaban J connectivity index is 2.40. The lowest BCUT2D eigenvalue weighted by atomic mass is 9.81. The van der Waals surface area contributed by atoms with Crippen LogP contribution in [0.4, 0.5) is 0 Å². The topological polar surface area (TPSA) is 9.23 Å². The molecule has 0 radical (unpaired) electrons. The highest BCUT2D eigenvalue weighted by atomic mass is 16.5. The summed E-state index contributed by atoms with van der Waals surface area (Å²) in [6.07, 6.45) is 1.26. The third kappa shape index (κ3) is 1.72. The molecular formula is C9H18O. The van der Waals surface area contributed by atoms with E-state index in [0.29, 0.717) is 0 Å². The van der Waals surface area contributed by atoms with Gasteiger partial charge in [-0.3, -0.25) is 0 Å². The third-order valence-electron chi connectivity index (χ3n) is 2.56. The molecule has 0 aromatic rings. The molecule has 0 amide bonds. The maximum atomic E-state index is 5.36. The predicted molar refractivity (Wildman–Crippen MR) is 42.9 cm³/mol. The number of hydrogen-bond acceptors (Lipinski definition) is 1. The van der Waals surface area contributed by atoms with Crippen LogP contribution in [0, 0.1) is 17.8 Å². The van der Waals surface area contributed by atoms with Gasteiger partial charge in [0.1, 0.15) is 0 Å². The van der Waals surface area contributed by atoms with E-state index in [-0.39, 0.29) is 0 Å². The lowest BCUT2D eigenvalue weighted by molar-refractivity contribution is 0.00874. The van der Waals surface area contributed by atoms with E-state index in [4.69, 9.17) is 4.74 Å². The molecule has 1 rings (SSSR count). The molecule has 0 aliphatic carbocycles.